The second-order valence-corrected chi connectivity index (χ2v) is 3.65. The van der Waals surface area contributed by atoms with Crippen molar-refractivity contribution in [1.29, 1.82) is 0 Å². The molecule has 0 aromatic carbocycles. The zero-order valence-corrected chi connectivity index (χ0v) is 7.98. The van der Waals surface area contributed by atoms with Gasteiger partial charge in [0.2, 0.25) is 0 Å². The monoisotopic (exact) mass is 198 g/mol. The van der Waals surface area contributed by atoms with Gasteiger partial charge in [-0.05, 0) is 12.8 Å². The van der Waals surface area contributed by atoms with Gasteiger partial charge in [-0.25, -0.2) is 0 Å². The van der Waals surface area contributed by atoms with Crippen LogP contribution in [0.25, 0.3) is 0 Å². The summed E-state index contributed by atoms with van der Waals surface area (Å²) in [4.78, 5) is 18.4. The molecule has 1 saturated heterocycles. The van der Waals surface area contributed by atoms with E-state index in [1.54, 1.807) is 4.90 Å². The number of nitrogens with zero attached hydrogens (tertiary/aromatic N) is 2. The summed E-state index contributed by atoms with van der Waals surface area (Å²) in [5, 5.41) is 12.5. The van der Waals surface area contributed by atoms with Crippen LogP contribution in [0.15, 0.2) is 5.16 Å². The summed E-state index contributed by atoms with van der Waals surface area (Å²) in [5.41, 5.74) is 0.450. The fourth-order valence-corrected chi connectivity index (χ4v) is 1.76. The van der Waals surface area contributed by atoms with Gasteiger partial charge in [-0.2, -0.15) is 0 Å². The summed E-state index contributed by atoms with van der Waals surface area (Å²) < 4.78 is 0. The van der Waals surface area contributed by atoms with Crippen LogP contribution in [0.3, 0.4) is 0 Å². The van der Waals surface area contributed by atoms with Crippen LogP contribution in [0, 0.1) is 0 Å². The number of carbonyl (C=O) groups excluding carboxylic acids is 1. The summed E-state index contributed by atoms with van der Waals surface area (Å²) in [6, 6.07) is 0. The Balaban J connectivity index is 1.92. The van der Waals surface area contributed by atoms with Crippen molar-refractivity contribution >= 4 is 11.6 Å². The molecule has 0 radical (unpaired) electrons. The molecule has 1 atom stereocenters. The molecule has 14 heavy (non-hydrogen) atoms. The fourth-order valence-electron chi connectivity index (χ4n) is 1.76. The summed E-state index contributed by atoms with van der Waals surface area (Å²) >= 11 is 0. The lowest BCUT2D eigenvalue weighted by Crippen LogP contribution is -2.34. The molecule has 0 aliphatic carbocycles. The SMILES string of the molecule is O=C(C1=NOC(CO)C1)N1CCCC1. The largest absolute Gasteiger partial charge is 0.392 e. The average molecular weight is 198 g/mol. The quantitative estimate of drug-likeness (QED) is 0.665. The Bertz CT molecular complexity index is 259. The molecule has 1 amide bonds. The van der Waals surface area contributed by atoms with Crippen LogP contribution in [0.4, 0.5) is 0 Å². The van der Waals surface area contributed by atoms with Crippen LogP contribution in [0.2, 0.25) is 0 Å². The number of aliphatic hydroxyl groups is 1. The fraction of sp³-hybridized carbons (Fsp3) is 0.778. The van der Waals surface area contributed by atoms with Crippen LogP contribution in [0.5, 0.6) is 0 Å². The Morgan fingerprint density at radius 2 is 2.29 bits per heavy atom. The third-order valence-electron chi connectivity index (χ3n) is 2.58. The molecule has 1 N–H and O–H groups in total. The molecule has 0 aromatic heterocycles. The number of oxime groups is 1. The molecule has 0 aromatic rings. The highest BCUT2D eigenvalue weighted by molar-refractivity contribution is 6.39. The summed E-state index contributed by atoms with van der Waals surface area (Å²) in [6.07, 6.45) is 2.26. The maximum absolute atomic E-state index is 11.7. The lowest BCUT2D eigenvalue weighted by atomic mass is 10.2. The summed E-state index contributed by atoms with van der Waals surface area (Å²) in [6.45, 7) is 1.56. The van der Waals surface area contributed by atoms with E-state index in [9.17, 15) is 4.79 Å². The first kappa shape index (κ1) is 9.45. The van der Waals surface area contributed by atoms with Gasteiger partial charge in [-0.15, -0.1) is 0 Å². The first-order valence-electron chi connectivity index (χ1n) is 4.94. The van der Waals surface area contributed by atoms with Crippen molar-refractivity contribution in [1.82, 2.24) is 4.90 Å². The molecule has 5 nitrogen and oxygen atoms in total. The minimum Gasteiger partial charge on any atom is -0.392 e. The Hall–Kier alpha value is -1.10. The Labute approximate surface area is 82.3 Å². The first-order valence-corrected chi connectivity index (χ1v) is 4.94. The predicted molar refractivity (Wildman–Crippen MR) is 49.8 cm³/mol. The van der Waals surface area contributed by atoms with Crippen molar-refractivity contribution in [3.05, 3.63) is 0 Å². The second-order valence-electron chi connectivity index (χ2n) is 3.65. The van der Waals surface area contributed by atoms with Crippen LogP contribution in [0.1, 0.15) is 19.3 Å². The van der Waals surface area contributed by atoms with Crippen LogP contribution < -0.4 is 0 Å². The van der Waals surface area contributed by atoms with Crippen molar-refractivity contribution < 1.29 is 14.7 Å². The van der Waals surface area contributed by atoms with Gasteiger partial charge in [0, 0.05) is 19.5 Å². The smallest absolute Gasteiger partial charge is 0.271 e. The molecule has 78 valence electrons. The average Bonchev–Trinajstić information content (AvgIpc) is 2.88. The van der Waals surface area contributed by atoms with Gasteiger partial charge < -0.3 is 14.8 Å². The molecule has 5 heteroatoms. The maximum Gasteiger partial charge on any atom is 0.271 e. The zero-order valence-electron chi connectivity index (χ0n) is 7.98. The van der Waals surface area contributed by atoms with E-state index in [1.165, 1.54) is 0 Å². The molecular weight excluding hydrogens is 184 g/mol. The lowest BCUT2D eigenvalue weighted by molar-refractivity contribution is -0.123. The van der Waals surface area contributed by atoms with E-state index in [0.717, 1.165) is 25.9 Å². The van der Waals surface area contributed by atoms with Gasteiger partial charge in [0.25, 0.3) is 5.91 Å². The zero-order chi connectivity index (χ0) is 9.97. The number of rotatable bonds is 2. The number of hydrogen-bond donors (Lipinski definition) is 1. The third kappa shape index (κ3) is 1.72. The predicted octanol–water partition coefficient (Wildman–Crippen LogP) is -0.254. The minimum atomic E-state index is -0.323. The third-order valence-corrected chi connectivity index (χ3v) is 2.58. The molecule has 0 spiro atoms. The summed E-state index contributed by atoms with van der Waals surface area (Å²) in [5.74, 6) is -0.0292. The van der Waals surface area contributed by atoms with E-state index < -0.39 is 0 Å². The normalized spacial score (nSPS) is 26.2. The van der Waals surface area contributed by atoms with E-state index in [0.29, 0.717) is 12.1 Å². The van der Waals surface area contributed by atoms with Gasteiger partial charge in [0.1, 0.15) is 5.71 Å². The molecule has 0 bridgehead atoms. The standard InChI is InChI=1S/C9H14N2O3/c12-6-7-5-8(10-14-7)9(13)11-3-1-2-4-11/h7,12H,1-6H2. The molecule has 1 unspecified atom stereocenters. The first-order chi connectivity index (χ1) is 6.81. The minimum absolute atomic E-state index is 0.0292. The molecule has 1 fully saturated rings. The molecule has 2 rings (SSSR count). The number of aliphatic hydroxyl groups excluding tert-OH is 1. The topological polar surface area (TPSA) is 62.1 Å². The molecule has 0 saturated carbocycles. The highest BCUT2D eigenvalue weighted by Crippen LogP contribution is 2.14. The number of likely N-dealkylation sites (tertiary alicyclic amines) is 1. The maximum atomic E-state index is 11.7. The van der Waals surface area contributed by atoms with Crippen molar-refractivity contribution in [2.24, 2.45) is 5.16 Å². The number of amides is 1. The number of carbonyl (C=O) groups is 1. The Morgan fingerprint density at radius 3 is 2.86 bits per heavy atom. The van der Waals surface area contributed by atoms with Gasteiger partial charge in [-0.1, -0.05) is 5.16 Å². The van der Waals surface area contributed by atoms with E-state index in [4.69, 9.17) is 9.94 Å². The Morgan fingerprint density at radius 1 is 1.57 bits per heavy atom. The van der Waals surface area contributed by atoms with Gasteiger partial charge in [0.05, 0.1) is 6.61 Å². The van der Waals surface area contributed by atoms with Gasteiger partial charge in [-0.3, -0.25) is 4.79 Å². The lowest BCUT2D eigenvalue weighted by Gasteiger charge is -2.13. The van der Waals surface area contributed by atoms with Crippen molar-refractivity contribution in [2.75, 3.05) is 19.7 Å². The van der Waals surface area contributed by atoms with E-state index in [1.807, 2.05) is 0 Å². The molecule has 2 aliphatic rings. The van der Waals surface area contributed by atoms with Crippen LogP contribution >= 0.6 is 0 Å². The molecule has 2 heterocycles. The highest BCUT2D eigenvalue weighted by atomic mass is 16.6. The summed E-state index contributed by atoms with van der Waals surface area (Å²) in [7, 11) is 0. The van der Waals surface area contributed by atoms with Crippen LogP contribution in [-0.4, -0.2) is 47.4 Å². The van der Waals surface area contributed by atoms with Crippen molar-refractivity contribution in [3.8, 4) is 0 Å². The van der Waals surface area contributed by atoms with Gasteiger partial charge in [0.15, 0.2) is 6.10 Å². The van der Waals surface area contributed by atoms with E-state index >= 15 is 0 Å². The molecule has 2 aliphatic heterocycles. The Kier molecular flexibility index (Phi) is 2.67. The van der Waals surface area contributed by atoms with E-state index in [2.05, 4.69) is 5.16 Å². The highest BCUT2D eigenvalue weighted by Gasteiger charge is 2.29. The number of hydrogen-bond acceptors (Lipinski definition) is 4. The second kappa shape index (κ2) is 3.96. The van der Waals surface area contributed by atoms with E-state index in [-0.39, 0.29) is 18.6 Å². The van der Waals surface area contributed by atoms with Gasteiger partial charge >= 0.3 is 0 Å². The van der Waals surface area contributed by atoms with Crippen LogP contribution in [-0.2, 0) is 9.63 Å². The molecular formula is C9H14N2O3. The van der Waals surface area contributed by atoms with Crippen molar-refractivity contribution in [3.63, 3.8) is 0 Å². The van der Waals surface area contributed by atoms with Crippen molar-refractivity contribution in [2.45, 2.75) is 25.4 Å².